The van der Waals surface area contributed by atoms with Crippen molar-refractivity contribution in [3.05, 3.63) is 27.5 Å². The Morgan fingerprint density at radius 2 is 1.94 bits per heavy atom. The van der Waals surface area contributed by atoms with Crippen LogP contribution >= 0.6 is 15.9 Å². The van der Waals surface area contributed by atoms with Gasteiger partial charge in [0.2, 0.25) is 0 Å². The highest BCUT2D eigenvalue weighted by atomic mass is 79.9. The lowest BCUT2D eigenvalue weighted by Gasteiger charge is -2.12. The van der Waals surface area contributed by atoms with Gasteiger partial charge in [-0.25, -0.2) is 18.6 Å². The summed E-state index contributed by atoms with van der Waals surface area (Å²) in [4.78, 5) is 13.7. The number of carboxylic acid groups (broad SMARTS) is 1. The Morgan fingerprint density at radius 3 is 2.29 bits per heavy atom. The molecule has 0 aliphatic rings. The highest BCUT2D eigenvalue weighted by Crippen LogP contribution is 2.36. The number of rotatable bonds is 2. The number of aromatic carboxylic acids is 1. The van der Waals surface area contributed by atoms with Crippen molar-refractivity contribution < 1.29 is 31.9 Å². The molecule has 0 aliphatic carbocycles. The fraction of sp³-hybridized carbons (Fsp3) is 0.250. The minimum atomic E-state index is -5.05. The molecule has 0 atom stereocenters. The van der Waals surface area contributed by atoms with Gasteiger partial charge >= 0.3 is 12.1 Å². The van der Waals surface area contributed by atoms with Crippen LogP contribution in [0.15, 0.2) is 10.7 Å². The monoisotopic (exact) mass is 319 g/mol. The van der Waals surface area contributed by atoms with Gasteiger partial charge in [-0.1, -0.05) is 0 Å². The average Bonchev–Trinajstić information content (AvgIpc) is 2.14. The van der Waals surface area contributed by atoms with Crippen LogP contribution in [0.1, 0.15) is 28.0 Å². The van der Waals surface area contributed by atoms with Crippen LogP contribution in [-0.4, -0.2) is 16.1 Å². The molecule has 3 nitrogen and oxygen atoms in total. The third-order valence-corrected chi connectivity index (χ3v) is 2.31. The molecule has 9 heteroatoms. The van der Waals surface area contributed by atoms with Crippen LogP contribution in [0.5, 0.6) is 0 Å². The first-order valence-electron chi connectivity index (χ1n) is 3.93. The molecule has 17 heavy (non-hydrogen) atoms. The lowest BCUT2D eigenvalue weighted by molar-refractivity contribution is -0.138. The molecule has 0 aliphatic heterocycles. The molecule has 1 aromatic rings. The van der Waals surface area contributed by atoms with Gasteiger partial charge in [0.15, 0.2) is 0 Å². The minimum Gasteiger partial charge on any atom is -0.478 e. The minimum absolute atomic E-state index is 0.0267. The number of carbonyl (C=O) groups is 1. The van der Waals surface area contributed by atoms with Crippen LogP contribution in [0.3, 0.4) is 0 Å². The Labute approximate surface area is 99.4 Å². The quantitative estimate of drug-likeness (QED) is 0.670. The fourth-order valence-corrected chi connectivity index (χ4v) is 1.66. The zero-order valence-corrected chi connectivity index (χ0v) is 9.31. The van der Waals surface area contributed by atoms with Gasteiger partial charge in [-0.05, 0) is 22.0 Å². The van der Waals surface area contributed by atoms with Crippen molar-refractivity contribution in [2.45, 2.75) is 12.6 Å². The fourth-order valence-electron chi connectivity index (χ4n) is 1.07. The van der Waals surface area contributed by atoms with Crippen molar-refractivity contribution >= 4 is 21.9 Å². The Kier molecular flexibility index (Phi) is 3.70. The second-order valence-corrected chi connectivity index (χ2v) is 3.62. The number of hydrogen-bond donors (Lipinski definition) is 1. The standard InChI is InChI=1S/C8H3BrF5NO2/c9-5-4(7(16)17)2(8(12,13)14)1-3(15-5)6(10)11/h1,6H,(H,16,17). The first-order chi connectivity index (χ1) is 7.64. The van der Waals surface area contributed by atoms with E-state index in [1.807, 2.05) is 0 Å². The average molecular weight is 320 g/mol. The van der Waals surface area contributed by atoms with Crippen LogP contribution in [-0.2, 0) is 6.18 Å². The van der Waals surface area contributed by atoms with Crippen molar-refractivity contribution in [3.8, 4) is 0 Å². The maximum Gasteiger partial charge on any atom is 0.417 e. The van der Waals surface area contributed by atoms with Gasteiger partial charge in [0.1, 0.15) is 15.9 Å². The second kappa shape index (κ2) is 4.55. The SMILES string of the molecule is O=C(O)c1c(C(F)(F)F)cc(C(F)F)nc1Br. The van der Waals surface area contributed by atoms with Gasteiger partial charge in [-0.2, -0.15) is 13.2 Å². The Bertz CT molecular complexity index is 460. The summed E-state index contributed by atoms with van der Waals surface area (Å²) in [6.07, 6.45) is -8.28. The summed E-state index contributed by atoms with van der Waals surface area (Å²) >= 11 is 2.43. The molecule has 0 bridgehead atoms. The zero-order chi connectivity index (χ0) is 13.4. The molecule has 94 valence electrons. The summed E-state index contributed by atoms with van der Waals surface area (Å²) in [6, 6.07) is 0.0267. The molecule has 0 spiro atoms. The molecule has 1 aromatic heterocycles. The van der Waals surface area contributed by atoms with Crippen molar-refractivity contribution in [2.24, 2.45) is 0 Å². The molecule has 0 aromatic carbocycles. The van der Waals surface area contributed by atoms with E-state index in [9.17, 15) is 26.7 Å². The number of aromatic nitrogens is 1. The van der Waals surface area contributed by atoms with Gasteiger partial charge < -0.3 is 5.11 Å². The Morgan fingerprint density at radius 1 is 1.41 bits per heavy atom. The summed E-state index contributed by atoms with van der Waals surface area (Å²) in [6.45, 7) is 0. The summed E-state index contributed by atoms with van der Waals surface area (Å²) in [5, 5.41) is 8.58. The maximum atomic E-state index is 12.5. The van der Waals surface area contributed by atoms with Crippen LogP contribution in [0.4, 0.5) is 22.0 Å². The van der Waals surface area contributed by atoms with E-state index in [0.717, 1.165) is 0 Å². The van der Waals surface area contributed by atoms with E-state index in [0.29, 0.717) is 0 Å². The van der Waals surface area contributed by atoms with E-state index in [1.165, 1.54) is 0 Å². The highest BCUT2D eigenvalue weighted by Gasteiger charge is 2.38. The smallest absolute Gasteiger partial charge is 0.417 e. The van der Waals surface area contributed by atoms with E-state index >= 15 is 0 Å². The number of halogens is 6. The number of hydrogen-bond acceptors (Lipinski definition) is 2. The van der Waals surface area contributed by atoms with Gasteiger partial charge in [-0.3, -0.25) is 0 Å². The Balaban J connectivity index is 3.57. The molecule has 0 saturated carbocycles. The van der Waals surface area contributed by atoms with Crippen LogP contribution in [0.2, 0.25) is 0 Å². The summed E-state index contributed by atoms with van der Waals surface area (Å²) < 4.78 is 61.1. The van der Waals surface area contributed by atoms with Crippen molar-refractivity contribution in [1.29, 1.82) is 0 Å². The molecule has 1 heterocycles. The lowest BCUT2D eigenvalue weighted by Crippen LogP contribution is -2.15. The Hall–Kier alpha value is -1.25. The third kappa shape index (κ3) is 2.90. The van der Waals surface area contributed by atoms with E-state index in [-0.39, 0.29) is 6.07 Å². The van der Waals surface area contributed by atoms with Crippen LogP contribution < -0.4 is 0 Å². The van der Waals surface area contributed by atoms with Crippen molar-refractivity contribution in [3.63, 3.8) is 0 Å². The topological polar surface area (TPSA) is 50.2 Å². The summed E-state index contributed by atoms with van der Waals surface area (Å²) in [7, 11) is 0. The van der Waals surface area contributed by atoms with Crippen LogP contribution in [0.25, 0.3) is 0 Å². The summed E-state index contributed by atoms with van der Waals surface area (Å²) in [5.41, 5.74) is -4.00. The number of alkyl halides is 5. The maximum absolute atomic E-state index is 12.5. The molecular formula is C8H3BrF5NO2. The summed E-state index contributed by atoms with van der Waals surface area (Å²) in [5.74, 6) is -1.91. The largest absolute Gasteiger partial charge is 0.478 e. The molecular weight excluding hydrogens is 317 g/mol. The zero-order valence-electron chi connectivity index (χ0n) is 7.73. The van der Waals surface area contributed by atoms with Gasteiger partial charge in [0.05, 0.1) is 5.56 Å². The van der Waals surface area contributed by atoms with E-state index in [2.05, 4.69) is 20.9 Å². The normalized spacial score (nSPS) is 11.9. The van der Waals surface area contributed by atoms with Gasteiger partial charge in [0, 0.05) is 0 Å². The lowest BCUT2D eigenvalue weighted by atomic mass is 10.1. The van der Waals surface area contributed by atoms with Crippen LogP contribution in [0, 0.1) is 0 Å². The first kappa shape index (κ1) is 13.8. The van der Waals surface area contributed by atoms with Gasteiger partial charge in [0.25, 0.3) is 6.43 Å². The molecule has 1 N–H and O–H groups in total. The first-order valence-corrected chi connectivity index (χ1v) is 4.73. The van der Waals surface area contributed by atoms with E-state index in [1.54, 1.807) is 0 Å². The number of carboxylic acids is 1. The van der Waals surface area contributed by atoms with E-state index < -0.39 is 40.0 Å². The predicted molar refractivity (Wildman–Crippen MR) is 48.9 cm³/mol. The van der Waals surface area contributed by atoms with Crippen molar-refractivity contribution in [1.82, 2.24) is 4.98 Å². The number of nitrogens with zero attached hydrogens (tertiary/aromatic N) is 1. The molecule has 0 unspecified atom stereocenters. The molecule has 0 amide bonds. The number of pyridine rings is 1. The molecule has 1 rings (SSSR count). The van der Waals surface area contributed by atoms with Crippen molar-refractivity contribution in [2.75, 3.05) is 0 Å². The molecule has 0 radical (unpaired) electrons. The highest BCUT2D eigenvalue weighted by molar-refractivity contribution is 9.10. The predicted octanol–water partition coefficient (Wildman–Crippen LogP) is 3.50. The van der Waals surface area contributed by atoms with Gasteiger partial charge in [-0.15, -0.1) is 0 Å². The molecule has 0 fully saturated rings. The second-order valence-electron chi connectivity index (χ2n) is 2.86. The van der Waals surface area contributed by atoms with E-state index in [4.69, 9.17) is 5.11 Å². The third-order valence-electron chi connectivity index (χ3n) is 1.74. The molecule has 0 saturated heterocycles.